The lowest BCUT2D eigenvalue weighted by Crippen LogP contribution is -2.37. The summed E-state index contributed by atoms with van der Waals surface area (Å²) in [6.45, 7) is 3.61. The van der Waals surface area contributed by atoms with Crippen LogP contribution < -0.4 is 5.43 Å². The molecule has 19 heavy (non-hydrogen) atoms. The normalized spacial score (nSPS) is 17.2. The third-order valence-corrected chi connectivity index (χ3v) is 3.35. The summed E-state index contributed by atoms with van der Waals surface area (Å²) in [5.74, 6) is -0.215. The number of carbonyl (C=O) groups is 1. The lowest BCUT2D eigenvalue weighted by molar-refractivity contribution is 0.0759. The number of rotatable bonds is 3. The molecule has 0 saturated carbocycles. The predicted octanol–water partition coefficient (Wildman–Crippen LogP) is -0.485. The Morgan fingerprint density at radius 1 is 1.32 bits per heavy atom. The molecular weight excluding hydrogens is 246 g/mol. The predicted molar refractivity (Wildman–Crippen MR) is 71.1 cm³/mol. The van der Waals surface area contributed by atoms with Crippen molar-refractivity contribution in [2.75, 3.05) is 39.3 Å². The van der Waals surface area contributed by atoms with E-state index < -0.39 is 0 Å². The highest BCUT2D eigenvalue weighted by Crippen LogP contribution is 2.06. The van der Waals surface area contributed by atoms with Gasteiger partial charge in [0.15, 0.2) is 5.43 Å². The van der Waals surface area contributed by atoms with Crippen molar-refractivity contribution in [3.05, 3.63) is 34.2 Å². The highest BCUT2D eigenvalue weighted by Gasteiger charge is 2.21. The van der Waals surface area contributed by atoms with Gasteiger partial charge in [-0.25, -0.2) is 0 Å². The molecule has 0 unspecified atom stereocenters. The quantitative estimate of drug-likeness (QED) is 0.773. The molecule has 6 nitrogen and oxygen atoms in total. The summed E-state index contributed by atoms with van der Waals surface area (Å²) in [5, 5.41) is 8.93. The fraction of sp³-hybridized carbons (Fsp3) is 0.538. The molecule has 6 heteroatoms. The number of hydrogen-bond acceptors (Lipinski definition) is 4. The van der Waals surface area contributed by atoms with Crippen LogP contribution >= 0.6 is 0 Å². The molecular formula is C13H19N3O3. The Kier molecular flexibility index (Phi) is 4.70. The Bertz CT molecular complexity index is 486. The highest BCUT2D eigenvalue weighted by atomic mass is 16.3. The SMILES string of the molecule is O=C(c1c[nH]ccc1=O)N1CCCN(CCO)CC1. The van der Waals surface area contributed by atoms with E-state index in [1.165, 1.54) is 18.5 Å². The summed E-state index contributed by atoms with van der Waals surface area (Å²) >= 11 is 0. The fourth-order valence-corrected chi connectivity index (χ4v) is 2.29. The van der Waals surface area contributed by atoms with Crippen molar-refractivity contribution in [1.29, 1.82) is 0 Å². The number of H-pyrrole nitrogens is 1. The minimum absolute atomic E-state index is 0.131. The first kappa shape index (κ1) is 13.8. The second kappa shape index (κ2) is 6.49. The number of aliphatic hydroxyl groups excluding tert-OH is 1. The number of nitrogens with one attached hydrogen (secondary N) is 1. The number of hydrogen-bond donors (Lipinski definition) is 2. The first-order chi connectivity index (χ1) is 9.22. The van der Waals surface area contributed by atoms with Gasteiger partial charge < -0.3 is 15.0 Å². The van der Waals surface area contributed by atoms with Crippen LogP contribution in [0.3, 0.4) is 0 Å². The van der Waals surface area contributed by atoms with Gasteiger partial charge in [-0.15, -0.1) is 0 Å². The minimum atomic E-state index is -0.250. The molecule has 2 N–H and O–H groups in total. The van der Waals surface area contributed by atoms with Gasteiger partial charge in [-0.1, -0.05) is 0 Å². The van der Waals surface area contributed by atoms with Crippen molar-refractivity contribution in [3.63, 3.8) is 0 Å². The molecule has 1 saturated heterocycles. The van der Waals surface area contributed by atoms with Gasteiger partial charge in [0.25, 0.3) is 5.91 Å². The van der Waals surface area contributed by atoms with Gasteiger partial charge in [-0.05, 0) is 13.0 Å². The van der Waals surface area contributed by atoms with Crippen LogP contribution in [-0.2, 0) is 0 Å². The van der Waals surface area contributed by atoms with Gasteiger partial charge in [0.2, 0.25) is 0 Å². The van der Waals surface area contributed by atoms with E-state index in [1.54, 1.807) is 4.90 Å². The van der Waals surface area contributed by atoms with Crippen LogP contribution in [-0.4, -0.2) is 65.1 Å². The molecule has 1 amide bonds. The number of carbonyl (C=O) groups excluding carboxylic acids is 1. The van der Waals surface area contributed by atoms with Gasteiger partial charge in [0, 0.05) is 44.6 Å². The first-order valence-corrected chi connectivity index (χ1v) is 6.52. The average Bonchev–Trinajstić information content (AvgIpc) is 2.65. The van der Waals surface area contributed by atoms with E-state index in [0.29, 0.717) is 19.6 Å². The Morgan fingerprint density at radius 3 is 2.89 bits per heavy atom. The average molecular weight is 265 g/mol. The number of amides is 1. The second-order valence-electron chi connectivity index (χ2n) is 4.63. The Morgan fingerprint density at radius 2 is 2.16 bits per heavy atom. The van der Waals surface area contributed by atoms with Crippen LogP contribution in [0.1, 0.15) is 16.8 Å². The summed E-state index contributed by atoms with van der Waals surface area (Å²) in [4.78, 5) is 30.5. The molecule has 0 bridgehead atoms. The maximum Gasteiger partial charge on any atom is 0.259 e. The molecule has 0 aromatic carbocycles. The summed E-state index contributed by atoms with van der Waals surface area (Å²) in [7, 11) is 0. The Hall–Kier alpha value is -1.66. The van der Waals surface area contributed by atoms with Gasteiger partial charge >= 0.3 is 0 Å². The van der Waals surface area contributed by atoms with Crippen molar-refractivity contribution in [1.82, 2.24) is 14.8 Å². The number of aromatic amines is 1. The van der Waals surface area contributed by atoms with Crippen molar-refractivity contribution < 1.29 is 9.90 Å². The van der Waals surface area contributed by atoms with E-state index in [2.05, 4.69) is 9.88 Å². The van der Waals surface area contributed by atoms with Crippen LogP contribution in [0.25, 0.3) is 0 Å². The summed E-state index contributed by atoms with van der Waals surface area (Å²) in [6.07, 6.45) is 3.84. The van der Waals surface area contributed by atoms with Crippen LogP contribution in [0, 0.1) is 0 Å². The number of pyridine rings is 1. The fourth-order valence-electron chi connectivity index (χ4n) is 2.29. The third kappa shape index (κ3) is 3.42. The topological polar surface area (TPSA) is 76.6 Å². The van der Waals surface area contributed by atoms with Gasteiger partial charge in [-0.2, -0.15) is 0 Å². The first-order valence-electron chi connectivity index (χ1n) is 6.52. The van der Waals surface area contributed by atoms with Crippen LogP contribution in [0.5, 0.6) is 0 Å². The zero-order chi connectivity index (χ0) is 13.7. The molecule has 2 rings (SSSR count). The maximum atomic E-state index is 12.3. The highest BCUT2D eigenvalue weighted by molar-refractivity contribution is 5.93. The largest absolute Gasteiger partial charge is 0.395 e. The van der Waals surface area contributed by atoms with E-state index >= 15 is 0 Å². The zero-order valence-electron chi connectivity index (χ0n) is 10.8. The summed E-state index contributed by atoms with van der Waals surface area (Å²) in [5.41, 5.74) is -0.0571. The second-order valence-corrected chi connectivity index (χ2v) is 4.63. The molecule has 1 fully saturated rings. The van der Waals surface area contributed by atoms with Crippen LogP contribution in [0.15, 0.2) is 23.3 Å². The smallest absolute Gasteiger partial charge is 0.259 e. The van der Waals surface area contributed by atoms with Gasteiger partial charge in [-0.3, -0.25) is 14.5 Å². The van der Waals surface area contributed by atoms with E-state index in [4.69, 9.17) is 5.11 Å². The van der Waals surface area contributed by atoms with Crippen LogP contribution in [0.2, 0.25) is 0 Å². The molecule has 0 atom stereocenters. The Labute approximate surface area is 111 Å². The summed E-state index contributed by atoms with van der Waals surface area (Å²) in [6, 6.07) is 1.36. The van der Waals surface area contributed by atoms with E-state index in [1.807, 2.05) is 0 Å². The molecule has 0 spiro atoms. The number of aromatic nitrogens is 1. The minimum Gasteiger partial charge on any atom is -0.395 e. The molecule has 1 aromatic rings. The Balaban J connectivity index is 2.04. The molecule has 0 radical (unpaired) electrons. The third-order valence-electron chi connectivity index (χ3n) is 3.35. The van der Waals surface area contributed by atoms with Crippen molar-refractivity contribution >= 4 is 5.91 Å². The van der Waals surface area contributed by atoms with E-state index in [9.17, 15) is 9.59 Å². The monoisotopic (exact) mass is 265 g/mol. The summed E-state index contributed by atoms with van der Waals surface area (Å²) < 4.78 is 0. The molecule has 0 aliphatic carbocycles. The molecule has 1 aliphatic heterocycles. The lowest BCUT2D eigenvalue weighted by Gasteiger charge is -2.21. The lowest BCUT2D eigenvalue weighted by atomic mass is 10.2. The van der Waals surface area contributed by atoms with Crippen LogP contribution in [0.4, 0.5) is 0 Å². The number of β-amino-alcohol motifs (C(OH)–C–C–N with tert-alkyl or cyclic N) is 1. The van der Waals surface area contributed by atoms with Crippen molar-refractivity contribution in [3.8, 4) is 0 Å². The maximum absolute atomic E-state index is 12.3. The van der Waals surface area contributed by atoms with E-state index in [-0.39, 0.29) is 23.5 Å². The van der Waals surface area contributed by atoms with Gasteiger partial charge in [0.05, 0.1) is 6.61 Å². The van der Waals surface area contributed by atoms with Crippen molar-refractivity contribution in [2.45, 2.75) is 6.42 Å². The molecule has 1 aliphatic rings. The molecule has 104 valence electrons. The number of nitrogens with zero attached hydrogens (tertiary/aromatic N) is 2. The number of aliphatic hydroxyl groups is 1. The molecule has 1 aromatic heterocycles. The van der Waals surface area contributed by atoms with E-state index in [0.717, 1.165) is 19.5 Å². The molecule has 2 heterocycles. The zero-order valence-corrected chi connectivity index (χ0v) is 10.8. The standard InChI is InChI=1S/C13H19N3O3/c17-9-8-15-4-1-5-16(7-6-15)13(19)11-10-14-3-2-12(11)18/h2-3,10,17H,1,4-9H2,(H,14,18). The van der Waals surface area contributed by atoms with Crippen molar-refractivity contribution in [2.24, 2.45) is 0 Å². The van der Waals surface area contributed by atoms with Gasteiger partial charge in [0.1, 0.15) is 5.56 Å².